The number of carbonyl (C=O) groups is 1. The zero-order valence-electron chi connectivity index (χ0n) is 17.0. The normalized spacial score (nSPS) is 19.3. The van der Waals surface area contributed by atoms with Gasteiger partial charge in [-0.2, -0.15) is 9.78 Å². The summed E-state index contributed by atoms with van der Waals surface area (Å²) in [5, 5.41) is 7.59. The second kappa shape index (κ2) is 8.46. The van der Waals surface area contributed by atoms with Gasteiger partial charge < -0.3 is 14.4 Å². The molecule has 2 aliphatic heterocycles. The summed E-state index contributed by atoms with van der Waals surface area (Å²) in [6.07, 6.45) is 5.91. The molecule has 2 aromatic rings. The van der Waals surface area contributed by atoms with Crippen molar-refractivity contribution in [3.8, 4) is 5.95 Å². The first kappa shape index (κ1) is 19.8. The van der Waals surface area contributed by atoms with Crippen molar-refractivity contribution in [2.45, 2.75) is 44.6 Å². The molecule has 4 rings (SSSR count). The maximum atomic E-state index is 13.0. The van der Waals surface area contributed by atoms with Crippen LogP contribution in [0.2, 0.25) is 0 Å². The molecule has 0 bridgehead atoms. The lowest BCUT2D eigenvalue weighted by atomic mass is 9.90. The molecule has 156 valence electrons. The topological polar surface area (TPSA) is 94.4 Å². The fraction of sp³-hybridized carbons (Fsp3) is 0.600. The van der Waals surface area contributed by atoms with E-state index in [1.54, 1.807) is 23.1 Å². The molecule has 1 spiro atoms. The molecule has 0 atom stereocenters. The van der Waals surface area contributed by atoms with Crippen molar-refractivity contribution in [3.63, 3.8) is 0 Å². The summed E-state index contributed by atoms with van der Waals surface area (Å²) in [5.74, 6) is 1.21. The molecule has 0 unspecified atom stereocenters. The molecule has 2 saturated heterocycles. The van der Waals surface area contributed by atoms with Crippen LogP contribution < -0.4 is 5.32 Å². The monoisotopic (exact) mass is 400 g/mol. The van der Waals surface area contributed by atoms with E-state index in [1.807, 2.05) is 11.0 Å². The number of anilines is 1. The van der Waals surface area contributed by atoms with E-state index in [9.17, 15) is 4.79 Å². The van der Waals surface area contributed by atoms with Crippen LogP contribution >= 0.6 is 0 Å². The summed E-state index contributed by atoms with van der Waals surface area (Å²) < 4.78 is 13.2. The number of hydrogen-bond acceptors (Lipinski definition) is 6. The van der Waals surface area contributed by atoms with E-state index in [-0.39, 0.29) is 17.6 Å². The number of rotatable bonds is 3. The minimum Gasteiger partial charge on any atom is -0.381 e. The number of nitrogens with zero attached hydrogens (tertiary/aromatic N) is 5. The van der Waals surface area contributed by atoms with Crippen LogP contribution in [0.4, 0.5) is 10.6 Å². The molecule has 29 heavy (non-hydrogen) atoms. The molecular formula is C20H28N6O3. The molecule has 2 aromatic heterocycles. The molecule has 0 aromatic carbocycles. The Morgan fingerprint density at radius 2 is 1.90 bits per heavy atom. The van der Waals surface area contributed by atoms with Crippen molar-refractivity contribution in [3.05, 3.63) is 30.2 Å². The molecule has 2 amide bonds. The number of ether oxygens (including phenoxy) is 2. The molecule has 0 aliphatic carbocycles. The van der Waals surface area contributed by atoms with Gasteiger partial charge in [0, 0.05) is 44.8 Å². The SMILES string of the molecule is CC(C)c1cc(NC(=O)N2CCOC3(CCOCC3)CC2)n(-c2ncccn2)n1. The van der Waals surface area contributed by atoms with Crippen LogP contribution in [0.1, 0.15) is 44.7 Å². The molecule has 2 fully saturated rings. The highest BCUT2D eigenvalue weighted by Crippen LogP contribution is 2.31. The van der Waals surface area contributed by atoms with E-state index < -0.39 is 0 Å². The fourth-order valence-electron chi connectivity index (χ4n) is 3.75. The van der Waals surface area contributed by atoms with E-state index in [4.69, 9.17) is 9.47 Å². The number of carbonyl (C=O) groups excluding carboxylic acids is 1. The Kier molecular flexibility index (Phi) is 5.77. The third-order valence-corrected chi connectivity index (χ3v) is 5.59. The molecule has 0 radical (unpaired) electrons. The number of urea groups is 1. The van der Waals surface area contributed by atoms with Crippen molar-refractivity contribution in [2.75, 3.05) is 38.2 Å². The number of aromatic nitrogens is 4. The van der Waals surface area contributed by atoms with Gasteiger partial charge in [-0.1, -0.05) is 13.8 Å². The largest absolute Gasteiger partial charge is 0.381 e. The molecular weight excluding hydrogens is 372 g/mol. The Bertz CT molecular complexity index is 832. The number of hydrogen-bond donors (Lipinski definition) is 1. The summed E-state index contributed by atoms with van der Waals surface area (Å²) in [4.78, 5) is 23.3. The van der Waals surface area contributed by atoms with Crippen LogP contribution in [0.15, 0.2) is 24.5 Å². The fourth-order valence-corrected chi connectivity index (χ4v) is 3.75. The summed E-state index contributed by atoms with van der Waals surface area (Å²) in [6, 6.07) is 3.47. The van der Waals surface area contributed by atoms with Crippen molar-refractivity contribution in [2.24, 2.45) is 0 Å². The summed E-state index contributed by atoms with van der Waals surface area (Å²) in [7, 11) is 0. The Balaban J connectivity index is 1.49. The second-order valence-electron chi connectivity index (χ2n) is 7.88. The zero-order valence-corrected chi connectivity index (χ0v) is 17.0. The maximum absolute atomic E-state index is 13.0. The van der Waals surface area contributed by atoms with Gasteiger partial charge in [-0.15, -0.1) is 0 Å². The van der Waals surface area contributed by atoms with Crippen molar-refractivity contribution >= 4 is 11.8 Å². The Morgan fingerprint density at radius 3 is 2.62 bits per heavy atom. The third-order valence-electron chi connectivity index (χ3n) is 5.59. The van der Waals surface area contributed by atoms with Crippen molar-refractivity contribution in [1.29, 1.82) is 0 Å². The Labute approximate surface area is 170 Å². The van der Waals surface area contributed by atoms with Crippen molar-refractivity contribution < 1.29 is 14.3 Å². The summed E-state index contributed by atoms with van der Waals surface area (Å²) in [5.41, 5.74) is 0.714. The van der Waals surface area contributed by atoms with Crippen molar-refractivity contribution in [1.82, 2.24) is 24.6 Å². The highest BCUT2D eigenvalue weighted by Gasteiger charge is 2.36. The number of amides is 2. The maximum Gasteiger partial charge on any atom is 0.323 e. The second-order valence-corrected chi connectivity index (χ2v) is 7.88. The lowest BCUT2D eigenvalue weighted by Crippen LogP contribution is -2.40. The predicted octanol–water partition coefficient (Wildman–Crippen LogP) is 2.59. The molecule has 2 aliphatic rings. The first-order valence-electron chi connectivity index (χ1n) is 10.2. The first-order chi connectivity index (χ1) is 14.1. The van der Waals surface area contributed by atoms with E-state index in [2.05, 4.69) is 34.2 Å². The molecule has 9 nitrogen and oxygen atoms in total. The van der Waals surface area contributed by atoms with Crippen LogP contribution in [0, 0.1) is 0 Å². The standard InChI is InChI=1S/C20H28N6O3/c1-15(2)16-14-17(26(24-16)18-21-7-3-8-22-18)23-19(27)25-9-4-20(29-13-10-25)5-11-28-12-6-20/h3,7-8,14-15H,4-6,9-13H2,1-2H3,(H,23,27). The van der Waals surface area contributed by atoms with Crippen LogP contribution in [-0.4, -0.2) is 69.2 Å². The van der Waals surface area contributed by atoms with Gasteiger partial charge in [0.05, 0.1) is 17.9 Å². The van der Waals surface area contributed by atoms with E-state index in [1.165, 1.54) is 0 Å². The van der Waals surface area contributed by atoms with Crippen LogP contribution in [0.5, 0.6) is 0 Å². The van der Waals surface area contributed by atoms with Gasteiger partial charge in [0.2, 0.25) is 0 Å². The highest BCUT2D eigenvalue weighted by atomic mass is 16.5. The summed E-state index contributed by atoms with van der Waals surface area (Å²) in [6.45, 7) is 7.31. The minimum absolute atomic E-state index is 0.155. The van der Waals surface area contributed by atoms with Gasteiger partial charge in [-0.25, -0.2) is 14.8 Å². The van der Waals surface area contributed by atoms with Gasteiger partial charge in [0.1, 0.15) is 5.82 Å². The molecule has 0 saturated carbocycles. The smallest absolute Gasteiger partial charge is 0.323 e. The van der Waals surface area contributed by atoms with Gasteiger partial charge >= 0.3 is 6.03 Å². The van der Waals surface area contributed by atoms with E-state index in [0.29, 0.717) is 31.5 Å². The van der Waals surface area contributed by atoms with Crippen LogP contribution in [0.3, 0.4) is 0 Å². The lowest BCUT2D eigenvalue weighted by Gasteiger charge is -2.35. The molecule has 1 N–H and O–H groups in total. The average molecular weight is 400 g/mol. The lowest BCUT2D eigenvalue weighted by molar-refractivity contribution is -0.105. The van der Waals surface area contributed by atoms with Crippen LogP contribution in [0.25, 0.3) is 5.95 Å². The Hall–Kier alpha value is -2.52. The van der Waals surface area contributed by atoms with Crippen LogP contribution in [-0.2, 0) is 9.47 Å². The van der Waals surface area contributed by atoms with E-state index in [0.717, 1.165) is 38.2 Å². The van der Waals surface area contributed by atoms with E-state index >= 15 is 0 Å². The summed E-state index contributed by atoms with van der Waals surface area (Å²) >= 11 is 0. The average Bonchev–Trinajstić information content (AvgIpc) is 3.05. The zero-order chi connectivity index (χ0) is 20.3. The quantitative estimate of drug-likeness (QED) is 0.851. The predicted molar refractivity (Wildman–Crippen MR) is 107 cm³/mol. The van der Waals surface area contributed by atoms with Gasteiger partial charge in [0.15, 0.2) is 0 Å². The first-order valence-corrected chi connectivity index (χ1v) is 10.2. The third kappa shape index (κ3) is 4.40. The highest BCUT2D eigenvalue weighted by molar-refractivity contribution is 5.88. The Morgan fingerprint density at radius 1 is 1.14 bits per heavy atom. The molecule has 9 heteroatoms. The number of nitrogens with one attached hydrogen (secondary N) is 1. The van der Waals surface area contributed by atoms with Gasteiger partial charge in [-0.05, 0) is 31.2 Å². The van der Waals surface area contributed by atoms with Gasteiger partial charge in [0.25, 0.3) is 5.95 Å². The minimum atomic E-state index is -0.162. The molecule has 4 heterocycles. The van der Waals surface area contributed by atoms with Gasteiger partial charge in [-0.3, -0.25) is 5.32 Å².